The van der Waals surface area contributed by atoms with E-state index in [9.17, 15) is 4.79 Å². The Kier molecular flexibility index (Phi) is 2.72. The minimum atomic E-state index is -0.578. The molecule has 0 amide bonds. The van der Waals surface area contributed by atoms with Gasteiger partial charge in [-0.1, -0.05) is 51.1 Å². The highest BCUT2D eigenvalue weighted by molar-refractivity contribution is 5.78. The summed E-state index contributed by atoms with van der Waals surface area (Å²) in [5.41, 5.74) is 0.651. The summed E-state index contributed by atoms with van der Waals surface area (Å²) in [4.78, 5) is 11.7. The predicted molar refractivity (Wildman–Crippen MR) is 59.6 cm³/mol. The van der Waals surface area contributed by atoms with Crippen LogP contribution >= 0.6 is 0 Å². The van der Waals surface area contributed by atoms with Crippen LogP contribution in [0, 0.1) is 5.41 Å². The van der Waals surface area contributed by atoms with Crippen molar-refractivity contribution >= 4 is 5.97 Å². The molecule has 1 aromatic rings. The summed E-state index contributed by atoms with van der Waals surface area (Å²) in [5.74, 6) is -0.300. The lowest BCUT2D eigenvalue weighted by Gasteiger charge is -2.24. The molecule has 1 aliphatic rings. The Balaban J connectivity index is 2.18. The molecular weight excluding hydrogens is 204 g/mol. The zero-order valence-corrected chi connectivity index (χ0v) is 9.77. The van der Waals surface area contributed by atoms with Gasteiger partial charge in [0.1, 0.15) is 0 Å². The van der Waals surface area contributed by atoms with E-state index in [2.05, 4.69) is 0 Å². The van der Waals surface area contributed by atoms with Crippen LogP contribution in [0.1, 0.15) is 32.4 Å². The molecule has 1 heterocycles. The lowest BCUT2D eigenvalue weighted by molar-refractivity contribution is -0.154. The topological polar surface area (TPSA) is 35.5 Å². The maximum Gasteiger partial charge on any atom is 0.342 e. The van der Waals surface area contributed by atoms with Crippen LogP contribution < -0.4 is 0 Å². The van der Waals surface area contributed by atoms with E-state index < -0.39 is 12.4 Å². The monoisotopic (exact) mass is 220 g/mol. The van der Waals surface area contributed by atoms with Crippen LogP contribution in [0.15, 0.2) is 30.3 Å². The van der Waals surface area contributed by atoms with Gasteiger partial charge in [-0.25, -0.2) is 4.79 Å². The maximum absolute atomic E-state index is 11.7. The number of carbonyl (C=O) groups is 1. The van der Waals surface area contributed by atoms with E-state index in [0.717, 1.165) is 5.56 Å². The van der Waals surface area contributed by atoms with E-state index in [1.54, 1.807) is 0 Å². The highest BCUT2D eigenvalue weighted by Gasteiger charge is 2.42. The molecule has 1 saturated heterocycles. The molecule has 1 aromatic carbocycles. The fourth-order valence-corrected chi connectivity index (χ4v) is 1.60. The number of cyclic esters (lactones) is 1. The lowest BCUT2D eigenvalue weighted by atomic mass is 9.96. The van der Waals surface area contributed by atoms with Gasteiger partial charge in [0.25, 0.3) is 0 Å². The first-order chi connectivity index (χ1) is 7.48. The van der Waals surface area contributed by atoms with Crippen LogP contribution in [0.4, 0.5) is 0 Å². The quantitative estimate of drug-likeness (QED) is 0.682. The van der Waals surface area contributed by atoms with Crippen molar-refractivity contribution in [2.24, 2.45) is 5.41 Å². The molecule has 0 aromatic heterocycles. The second-order valence-electron chi connectivity index (χ2n) is 5.06. The molecule has 0 unspecified atom stereocenters. The smallest absolute Gasteiger partial charge is 0.342 e. The molecule has 0 N–H and O–H groups in total. The number of benzene rings is 1. The molecule has 0 radical (unpaired) electrons. The van der Waals surface area contributed by atoms with Crippen LogP contribution in [0.5, 0.6) is 0 Å². The van der Waals surface area contributed by atoms with Gasteiger partial charge in [0.15, 0.2) is 6.10 Å². The molecule has 86 valence electrons. The van der Waals surface area contributed by atoms with Gasteiger partial charge in [0.05, 0.1) is 0 Å². The second kappa shape index (κ2) is 3.91. The Labute approximate surface area is 95.4 Å². The third-order valence-electron chi connectivity index (χ3n) is 2.51. The van der Waals surface area contributed by atoms with Crippen LogP contribution in [-0.4, -0.2) is 12.3 Å². The van der Waals surface area contributed by atoms with Crippen molar-refractivity contribution in [3.63, 3.8) is 0 Å². The summed E-state index contributed by atoms with van der Waals surface area (Å²) < 4.78 is 10.9. The summed E-state index contributed by atoms with van der Waals surface area (Å²) in [6.07, 6.45) is -1.05. The highest BCUT2D eigenvalue weighted by Crippen LogP contribution is 2.35. The molecule has 0 aliphatic carbocycles. The Hall–Kier alpha value is -1.35. The van der Waals surface area contributed by atoms with Gasteiger partial charge in [0, 0.05) is 5.41 Å². The van der Waals surface area contributed by atoms with Crippen LogP contribution in [0.2, 0.25) is 0 Å². The van der Waals surface area contributed by atoms with Crippen molar-refractivity contribution < 1.29 is 14.3 Å². The lowest BCUT2D eigenvalue weighted by Crippen LogP contribution is -2.27. The largest absolute Gasteiger partial charge is 0.433 e. The fraction of sp³-hybridized carbons (Fsp3) is 0.462. The van der Waals surface area contributed by atoms with Crippen LogP contribution in [0.25, 0.3) is 0 Å². The van der Waals surface area contributed by atoms with Gasteiger partial charge in [-0.3, -0.25) is 0 Å². The third-order valence-corrected chi connectivity index (χ3v) is 2.51. The van der Waals surface area contributed by atoms with Gasteiger partial charge in [-0.2, -0.15) is 0 Å². The molecule has 2 atom stereocenters. The van der Waals surface area contributed by atoms with Crippen molar-refractivity contribution in [2.75, 3.05) is 0 Å². The van der Waals surface area contributed by atoms with Crippen LogP contribution in [0.3, 0.4) is 0 Å². The van der Waals surface area contributed by atoms with Gasteiger partial charge < -0.3 is 9.47 Å². The van der Waals surface area contributed by atoms with Crippen LogP contribution in [-0.2, 0) is 14.3 Å². The first-order valence-corrected chi connectivity index (χ1v) is 5.39. The van der Waals surface area contributed by atoms with Crippen molar-refractivity contribution in [3.8, 4) is 0 Å². The molecule has 0 saturated carbocycles. The maximum atomic E-state index is 11.7. The Bertz CT molecular complexity index is 378. The van der Waals surface area contributed by atoms with Gasteiger partial charge in [-0.05, 0) is 5.56 Å². The number of rotatable bonds is 1. The number of ether oxygens (including phenoxy) is 2. The van der Waals surface area contributed by atoms with Crippen molar-refractivity contribution in [3.05, 3.63) is 35.9 Å². The zero-order chi connectivity index (χ0) is 11.8. The highest BCUT2D eigenvalue weighted by atomic mass is 16.8. The average Bonchev–Trinajstić information content (AvgIpc) is 2.61. The first-order valence-electron chi connectivity index (χ1n) is 5.39. The van der Waals surface area contributed by atoms with Crippen molar-refractivity contribution in [1.29, 1.82) is 0 Å². The van der Waals surface area contributed by atoms with E-state index in [-0.39, 0.29) is 11.4 Å². The molecule has 2 rings (SSSR count). The van der Waals surface area contributed by atoms with Gasteiger partial charge in [0.2, 0.25) is 6.29 Å². The van der Waals surface area contributed by atoms with E-state index in [1.807, 2.05) is 51.1 Å². The third kappa shape index (κ3) is 2.09. The molecule has 0 spiro atoms. The minimum absolute atomic E-state index is 0.195. The average molecular weight is 220 g/mol. The van der Waals surface area contributed by atoms with E-state index in [1.165, 1.54) is 0 Å². The molecular formula is C13H16O3. The summed E-state index contributed by atoms with van der Waals surface area (Å²) in [5, 5.41) is 0. The van der Waals surface area contributed by atoms with Gasteiger partial charge in [-0.15, -0.1) is 0 Å². The molecule has 0 bridgehead atoms. The Morgan fingerprint density at radius 2 is 1.75 bits per heavy atom. The van der Waals surface area contributed by atoms with Crippen molar-refractivity contribution in [2.45, 2.75) is 33.2 Å². The molecule has 1 fully saturated rings. The molecule has 3 heteroatoms. The summed E-state index contributed by atoms with van der Waals surface area (Å²) >= 11 is 0. The SMILES string of the molecule is CC(C)(C)[C@H]1OC(=O)[C@@H](c2ccccc2)O1. The minimum Gasteiger partial charge on any atom is -0.433 e. The normalized spacial score (nSPS) is 25.6. The molecule has 16 heavy (non-hydrogen) atoms. The molecule has 3 nitrogen and oxygen atoms in total. The second-order valence-corrected chi connectivity index (χ2v) is 5.06. The standard InChI is InChI=1S/C13H16O3/c1-13(2,3)12-15-10(11(14)16-12)9-7-5-4-6-8-9/h4-8,10,12H,1-3H3/t10-,12-/m1/s1. The summed E-state index contributed by atoms with van der Waals surface area (Å²) in [7, 11) is 0. The molecule has 1 aliphatic heterocycles. The number of hydrogen-bond acceptors (Lipinski definition) is 3. The summed E-state index contributed by atoms with van der Waals surface area (Å²) in [6.45, 7) is 5.95. The Morgan fingerprint density at radius 3 is 2.25 bits per heavy atom. The van der Waals surface area contributed by atoms with E-state index in [0.29, 0.717) is 0 Å². The van der Waals surface area contributed by atoms with Crippen molar-refractivity contribution in [1.82, 2.24) is 0 Å². The first kappa shape index (κ1) is 11.1. The van der Waals surface area contributed by atoms with Gasteiger partial charge >= 0.3 is 5.97 Å². The van der Waals surface area contributed by atoms with E-state index in [4.69, 9.17) is 9.47 Å². The number of carbonyl (C=O) groups excluding carboxylic acids is 1. The Morgan fingerprint density at radius 1 is 1.12 bits per heavy atom. The summed E-state index contributed by atoms with van der Waals surface area (Å²) in [6, 6.07) is 9.42. The van der Waals surface area contributed by atoms with E-state index >= 15 is 0 Å². The number of esters is 1. The predicted octanol–water partition coefficient (Wildman–Crippen LogP) is 2.67. The number of hydrogen-bond donors (Lipinski definition) is 0. The fourth-order valence-electron chi connectivity index (χ4n) is 1.60. The zero-order valence-electron chi connectivity index (χ0n) is 9.77.